The van der Waals surface area contributed by atoms with E-state index in [0.29, 0.717) is 19.0 Å². The standard InChI is InChI=1S/C13H20N2O2/c1-10-5-7-15(8-12(10)16)9-13(17)11-4-3-6-14(11)2/h3-4,6,10,12,16H,5,7-9H2,1-2H3. The van der Waals surface area contributed by atoms with Crippen LogP contribution in [0.1, 0.15) is 23.8 Å². The number of hydrogen-bond donors (Lipinski definition) is 1. The van der Waals surface area contributed by atoms with Gasteiger partial charge in [0, 0.05) is 19.8 Å². The van der Waals surface area contributed by atoms with Gasteiger partial charge in [0.2, 0.25) is 0 Å². The second-order valence-corrected chi connectivity index (χ2v) is 5.00. The van der Waals surface area contributed by atoms with E-state index in [9.17, 15) is 9.90 Å². The number of carbonyl (C=O) groups is 1. The fourth-order valence-corrected chi connectivity index (χ4v) is 2.29. The minimum Gasteiger partial charge on any atom is -0.392 e. The minimum atomic E-state index is -0.301. The highest BCUT2D eigenvalue weighted by molar-refractivity contribution is 5.96. The highest BCUT2D eigenvalue weighted by Crippen LogP contribution is 2.17. The molecule has 0 aromatic carbocycles. The van der Waals surface area contributed by atoms with Crippen molar-refractivity contribution in [3.63, 3.8) is 0 Å². The first-order chi connectivity index (χ1) is 8.08. The Balaban J connectivity index is 1.94. The number of ketones is 1. The van der Waals surface area contributed by atoms with Crippen LogP contribution in [0.4, 0.5) is 0 Å². The Labute approximate surface area is 102 Å². The summed E-state index contributed by atoms with van der Waals surface area (Å²) < 4.78 is 1.84. The van der Waals surface area contributed by atoms with Crippen LogP contribution in [0.3, 0.4) is 0 Å². The number of likely N-dealkylation sites (tertiary alicyclic amines) is 1. The number of nitrogens with zero attached hydrogens (tertiary/aromatic N) is 2. The lowest BCUT2D eigenvalue weighted by Gasteiger charge is -2.33. The summed E-state index contributed by atoms with van der Waals surface area (Å²) in [6.07, 6.45) is 2.53. The number of aliphatic hydroxyl groups excluding tert-OH is 1. The lowest BCUT2D eigenvalue weighted by molar-refractivity contribution is 0.0293. The molecule has 2 atom stereocenters. The minimum absolute atomic E-state index is 0.124. The zero-order valence-corrected chi connectivity index (χ0v) is 10.5. The van der Waals surface area contributed by atoms with Crippen LogP contribution in [-0.4, -0.2) is 46.1 Å². The predicted octanol–water partition coefficient (Wildman–Crippen LogP) is 0.911. The number of piperidine rings is 1. The molecule has 2 unspecified atom stereocenters. The molecule has 4 heteroatoms. The van der Waals surface area contributed by atoms with Crippen molar-refractivity contribution in [2.24, 2.45) is 13.0 Å². The molecule has 1 aliphatic rings. The average molecular weight is 236 g/mol. The number of rotatable bonds is 3. The fourth-order valence-electron chi connectivity index (χ4n) is 2.29. The third kappa shape index (κ3) is 2.76. The number of aromatic nitrogens is 1. The van der Waals surface area contributed by atoms with Gasteiger partial charge in [-0.15, -0.1) is 0 Å². The maximum atomic E-state index is 12.0. The third-order valence-electron chi connectivity index (χ3n) is 3.60. The zero-order valence-electron chi connectivity index (χ0n) is 10.5. The van der Waals surface area contributed by atoms with Crippen molar-refractivity contribution >= 4 is 5.78 Å². The molecule has 1 aromatic rings. The first kappa shape index (κ1) is 12.3. The molecule has 4 nitrogen and oxygen atoms in total. The molecule has 1 aliphatic heterocycles. The van der Waals surface area contributed by atoms with Crippen molar-refractivity contribution in [1.82, 2.24) is 9.47 Å². The normalized spacial score (nSPS) is 26.1. The molecule has 2 rings (SSSR count). The summed E-state index contributed by atoms with van der Waals surface area (Å²) in [4.78, 5) is 14.1. The van der Waals surface area contributed by atoms with Gasteiger partial charge in [0.15, 0.2) is 5.78 Å². The summed E-state index contributed by atoms with van der Waals surface area (Å²) in [6, 6.07) is 3.71. The van der Waals surface area contributed by atoms with Crippen LogP contribution in [0, 0.1) is 5.92 Å². The first-order valence-corrected chi connectivity index (χ1v) is 6.13. The molecule has 1 fully saturated rings. The molecule has 0 radical (unpaired) electrons. The number of hydrogen-bond acceptors (Lipinski definition) is 3. The zero-order chi connectivity index (χ0) is 12.4. The van der Waals surface area contributed by atoms with Gasteiger partial charge in [-0.25, -0.2) is 0 Å². The number of aliphatic hydroxyl groups is 1. The van der Waals surface area contributed by atoms with Crippen molar-refractivity contribution in [2.45, 2.75) is 19.4 Å². The number of carbonyl (C=O) groups excluding carboxylic acids is 1. The van der Waals surface area contributed by atoms with E-state index < -0.39 is 0 Å². The van der Waals surface area contributed by atoms with Gasteiger partial charge in [0.05, 0.1) is 18.3 Å². The molecule has 0 amide bonds. The smallest absolute Gasteiger partial charge is 0.193 e. The van der Waals surface area contributed by atoms with E-state index in [4.69, 9.17) is 0 Å². The quantitative estimate of drug-likeness (QED) is 0.793. The average Bonchev–Trinajstić information content (AvgIpc) is 2.70. The largest absolute Gasteiger partial charge is 0.392 e. The molecule has 1 N–H and O–H groups in total. The summed E-state index contributed by atoms with van der Waals surface area (Å²) in [7, 11) is 1.88. The van der Waals surface area contributed by atoms with Crippen LogP contribution in [0.25, 0.3) is 0 Å². The van der Waals surface area contributed by atoms with E-state index in [1.807, 2.05) is 34.8 Å². The molecule has 0 spiro atoms. The van der Waals surface area contributed by atoms with E-state index in [1.54, 1.807) is 0 Å². The molecule has 17 heavy (non-hydrogen) atoms. The molecule has 0 saturated carbocycles. The Morgan fingerprint density at radius 1 is 1.59 bits per heavy atom. The molecular formula is C13H20N2O2. The Bertz CT molecular complexity index is 400. The molecule has 0 aliphatic carbocycles. The van der Waals surface area contributed by atoms with Crippen molar-refractivity contribution in [1.29, 1.82) is 0 Å². The number of aryl methyl sites for hydroxylation is 1. The van der Waals surface area contributed by atoms with Gasteiger partial charge in [-0.05, 0) is 31.0 Å². The Kier molecular flexibility index (Phi) is 3.64. The van der Waals surface area contributed by atoms with Crippen molar-refractivity contribution in [3.05, 3.63) is 24.0 Å². The van der Waals surface area contributed by atoms with Crippen LogP contribution in [0.5, 0.6) is 0 Å². The van der Waals surface area contributed by atoms with Gasteiger partial charge in [0.25, 0.3) is 0 Å². The van der Waals surface area contributed by atoms with Gasteiger partial charge < -0.3 is 9.67 Å². The Morgan fingerprint density at radius 2 is 2.35 bits per heavy atom. The Morgan fingerprint density at radius 3 is 2.94 bits per heavy atom. The molecular weight excluding hydrogens is 216 g/mol. The first-order valence-electron chi connectivity index (χ1n) is 6.13. The maximum Gasteiger partial charge on any atom is 0.193 e. The van der Waals surface area contributed by atoms with Crippen molar-refractivity contribution in [2.75, 3.05) is 19.6 Å². The van der Waals surface area contributed by atoms with Crippen LogP contribution in [-0.2, 0) is 7.05 Å². The topological polar surface area (TPSA) is 45.5 Å². The maximum absolute atomic E-state index is 12.0. The van der Waals surface area contributed by atoms with Crippen LogP contribution >= 0.6 is 0 Å². The van der Waals surface area contributed by atoms with E-state index in [1.165, 1.54) is 0 Å². The van der Waals surface area contributed by atoms with Gasteiger partial charge >= 0.3 is 0 Å². The van der Waals surface area contributed by atoms with Gasteiger partial charge in [-0.1, -0.05) is 6.92 Å². The summed E-state index contributed by atoms with van der Waals surface area (Å²) >= 11 is 0. The molecule has 2 heterocycles. The van der Waals surface area contributed by atoms with E-state index in [-0.39, 0.29) is 11.9 Å². The van der Waals surface area contributed by atoms with Crippen molar-refractivity contribution in [3.8, 4) is 0 Å². The summed E-state index contributed by atoms with van der Waals surface area (Å²) in [5, 5.41) is 9.79. The highest BCUT2D eigenvalue weighted by atomic mass is 16.3. The lowest BCUT2D eigenvalue weighted by atomic mass is 9.96. The molecule has 1 saturated heterocycles. The van der Waals surface area contributed by atoms with Crippen LogP contribution in [0.15, 0.2) is 18.3 Å². The van der Waals surface area contributed by atoms with Gasteiger partial charge in [-0.3, -0.25) is 9.69 Å². The lowest BCUT2D eigenvalue weighted by Crippen LogP contribution is -2.45. The second kappa shape index (κ2) is 5.02. The number of β-amino-alcohol motifs (C(OH)–C–C–N with tert-alkyl or cyclic N) is 1. The SMILES string of the molecule is CC1CCN(CC(=O)c2cccn2C)CC1O. The summed E-state index contributed by atoms with van der Waals surface area (Å²) in [6.45, 7) is 3.97. The highest BCUT2D eigenvalue weighted by Gasteiger charge is 2.25. The second-order valence-electron chi connectivity index (χ2n) is 5.00. The van der Waals surface area contributed by atoms with E-state index >= 15 is 0 Å². The van der Waals surface area contributed by atoms with Crippen molar-refractivity contribution < 1.29 is 9.90 Å². The van der Waals surface area contributed by atoms with Gasteiger partial charge in [0.1, 0.15) is 0 Å². The number of Topliss-reactive ketones (excluding diaryl/α,β-unsaturated/α-hetero) is 1. The molecule has 1 aromatic heterocycles. The summed E-state index contributed by atoms with van der Waals surface area (Å²) in [5.41, 5.74) is 0.734. The van der Waals surface area contributed by atoms with Crippen LogP contribution < -0.4 is 0 Å². The van der Waals surface area contributed by atoms with E-state index in [2.05, 4.69) is 6.92 Å². The predicted molar refractivity (Wildman–Crippen MR) is 66.0 cm³/mol. The summed E-state index contributed by atoms with van der Waals surface area (Å²) in [5.74, 6) is 0.468. The molecule has 0 bridgehead atoms. The van der Waals surface area contributed by atoms with Gasteiger partial charge in [-0.2, -0.15) is 0 Å². The molecule has 94 valence electrons. The monoisotopic (exact) mass is 236 g/mol. The Hall–Kier alpha value is -1.13. The third-order valence-corrected chi connectivity index (χ3v) is 3.60. The van der Waals surface area contributed by atoms with Crippen LogP contribution in [0.2, 0.25) is 0 Å². The van der Waals surface area contributed by atoms with E-state index in [0.717, 1.165) is 18.7 Å². The fraction of sp³-hybridized carbons (Fsp3) is 0.615.